The summed E-state index contributed by atoms with van der Waals surface area (Å²) in [5, 5.41) is 0.817. The Morgan fingerprint density at radius 1 is 1.04 bits per heavy atom. The molecule has 0 aliphatic carbocycles. The molecule has 0 saturated heterocycles. The fraction of sp³-hybridized carbons (Fsp3) is 0.227. The highest BCUT2D eigenvalue weighted by Gasteiger charge is 2.16. The fourth-order valence-corrected chi connectivity index (χ4v) is 2.96. The van der Waals surface area contributed by atoms with Crippen molar-refractivity contribution in [3.05, 3.63) is 65.4 Å². The molecule has 0 aliphatic heterocycles. The van der Waals surface area contributed by atoms with E-state index in [0.717, 1.165) is 22.9 Å². The van der Waals surface area contributed by atoms with E-state index in [2.05, 4.69) is 4.98 Å². The minimum absolute atomic E-state index is 0.0939. The van der Waals surface area contributed by atoms with E-state index in [4.69, 9.17) is 9.47 Å². The lowest BCUT2D eigenvalue weighted by Gasteiger charge is -2.07. The largest absolute Gasteiger partial charge is 0.482 e. The molecule has 0 amide bonds. The van der Waals surface area contributed by atoms with Crippen LogP contribution in [0.4, 0.5) is 0 Å². The van der Waals surface area contributed by atoms with Crippen LogP contribution in [-0.4, -0.2) is 35.7 Å². The number of hydrogen-bond acceptors (Lipinski definition) is 5. The molecular weight excluding hydrogens is 358 g/mol. The van der Waals surface area contributed by atoms with Gasteiger partial charge in [0.15, 0.2) is 19.0 Å². The van der Waals surface area contributed by atoms with Gasteiger partial charge in [-0.2, -0.15) is 0 Å². The van der Waals surface area contributed by atoms with Crippen molar-refractivity contribution >= 4 is 28.4 Å². The van der Waals surface area contributed by atoms with Crippen molar-refractivity contribution in [2.24, 2.45) is 0 Å². The first-order valence-electron chi connectivity index (χ1n) is 9.01. The molecule has 0 spiro atoms. The lowest BCUT2D eigenvalue weighted by atomic mass is 10.1. The van der Waals surface area contributed by atoms with Crippen LogP contribution in [0.25, 0.3) is 10.9 Å². The van der Waals surface area contributed by atoms with Crippen LogP contribution in [0.2, 0.25) is 0 Å². The van der Waals surface area contributed by atoms with Crippen molar-refractivity contribution in [1.82, 2.24) is 4.98 Å². The molecule has 0 fully saturated rings. The predicted molar refractivity (Wildman–Crippen MR) is 105 cm³/mol. The number of para-hydroxylation sites is 1. The fourth-order valence-electron chi connectivity index (χ4n) is 2.96. The third-order valence-corrected chi connectivity index (χ3v) is 4.44. The summed E-state index contributed by atoms with van der Waals surface area (Å²) in [5.41, 5.74) is 3.03. The van der Waals surface area contributed by atoms with E-state index in [1.807, 2.05) is 25.1 Å². The van der Waals surface area contributed by atoms with Crippen LogP contribution in [0.3, 0.4) is 0 Å². The van der Waals surface area contributed by atoms with Gasteiger partial charge in [-0.3, -0.25) is 9.59 Å². The number of rotatable bonds is 8. The van der Waals surface area contributed by atoms with Gasteiger partial charge in [-0.15, -0.1) is 0 Å². The molecule has 0 radical (unpaired) electrons. The number of benzene rings is 2. The highest BCUT2D eigenvalue weighted by atomic mass is 16.6. The Morgan fingerprint density at radius 2 is 1.82 bits per heavy atom. The third-order valence-electron chi connectivity index (χ3n) is 4.44. The van der Waals surface area contributed by atoms with Crippen LogP contribution < -0.4 is 4.74 Å². The standard InChI is InChI=1S/C22H21NO5/c1-3-15-6-5-9-18-19(11-23-22(15)18)20(25)12-28-21(26)13-27-17-8-4-7-16(10-17)14(2)24/h4-11,23H,3,12-13H2,1-2H3. The van der Waals surface area contributed by atoms with Gasteiger partial charge in [0.05, 0.1) is 0 Å². The number of ether oxygens (including phenoxy) is 2. The Kier molecular flexibility index (Phi) is 5.89. The number of esters is 1. The summed E-state index contributed by atoms with van der Waals surface area (Å²) in [6.45, 7) is 2.79. The number of nitrogens with one attached hydrogen (secondary N) is 1. The molecule has 6 heteroatoms. The first-order chi connectivity index (χ1) is 13.5. The smallest absolute Gasteiger partial charge is 0.344 e. The van der Waals surface area contributed by atoms with Gasteiger partial charge in [-0.1, -0.05) is 37.3 Å². The van der Waals surface area contributed by atoms with Crippen molar-refractivity contribution in [2.45, 2.75) is 20.3 Å². The highest BCUT2D eigenvalue weighted by Crippen LogP contribution is 2.22. The summed E-state index contributed by atoms with van der Waals surface area (Å²) < 4.78 is 10.4. The lowest BCUT2D eigenvalue weighted by Crippen LogP contribution is -2.19. The second kappa shape index (κ2) is 8.52. The number of carbonyl (C=O) groups is 3. The molecular formula is C22H21NO5. The molecule has 0 unspecified atom stereocenters. The van der Waals surface area contributed by atoms with E-state index in [0.29, 0.717) is 16.9 Å². The molecule has 2 aromatic carbocycles. The number of aryl methyl sites for hydroxylation is 1. The number of Topliss-reactive ketones (excluding diaryl/α,β-unsaturated/α-hetero) is 2. The summed E-state index contributed by atoms with van der Waals surface area (Å²) in [6, 6.07) is 12.3. The Hall–Kier alpha value is -3.41. The van der Waals surface area contributed by atoms with Crippen LogP contribution in [0.15, 0.2) is 48.7 Å². The van der Waals surface area contributed by atoms with Gasteiger partial charge in [-0.25, -0.2) is 4.79 Å². The topological polar surface area (TPSA) is 85.5 Å². The van der Waals surface area contributed by atoms with Crippen LogP contribution in [-0.2, 0) is 16.0 Å². The zero-order chi connectivity index (χ0) is 20.1. The van der Waals surface area contributed by atoms with E-state index in [9.17, 15) is 14.4 Å². The zero-order valence-electron chi connectivity index (χ0n) is 15.8. The summed E-state index contributed by atoms with van der Waals surface area (Å²) in [6.07, 6.45) is 2.49. The summed E-state index contributed by atoms with van der Waals surface area (Å²) >= 11 is 0. The molecule has 0 aliphatic rings. The first-order valence-corrected chi connectivity index (χ1v) is 9.01. The average molecular weight is 379 g/mol. The maximum absolute atomic E-state index is 12.4. The molecule has 28 heavy (non-hydrogen) atoms. The predicted octanol–water partition coefficient (Wildman–Crippen LogP) is 3.74. The molecule has 0 bridgehead atoms. The van der Waals surface area contributed by atoms with Gasteiger partial charge in [-0.05, 0) is 31.0 Å². The normalized spacial score (nSPS) is 10.6. The lowest BCUT2D eigenvalue weighted by molar-refractivity contribution is -0.144. The Labute approximate surface area is 162 Å². The van der Waals surface area contributed by atoms with Crippen molar-refractivity contribution in [3.8, 4) is 5.75 Å². The molecule has 0 saturated carbocycles. The van der Waals surface area contributed by atoms with E-state index < -0.39 is 5.97 Å². The van der Waals surface area contributed by atoms with Gasteiger partial charge in [0.1, 0.15) is 5.75 Å². The number of fused-ring (bicyclic) bond motifs is 1. The van der Waals surface area contributed by atoms with Crippen molar-refractivity contribution in [3.63, 3.8) is 0 Å². The number of aromatic nitrogens is 1. The second-order valence-corrected chi connectivity index (χ2v) is 6.35. The van der Waals surface area contributed by atoms with Crippen LogP contribution in [0.1, 0.15) is 40.1 Å². The second-order valence-electron chi connectivity index (χ2n) is 6.35. The van der Waals surface area contributed by atoms with Crippen molar-refractivity contribution in [2.75, 3.05) is 13.2 Å². The van der Waals surface area contributed by atoms with Gasteiger partial charge >= 0.3 is 5.97 Å². The number of aromatic amines is 1. The molecule has 3 aromatic rings. The van der Waals surface area contributed by atoms with Crippen molar-refractivity contribution in [1.29, 1.82) is 0 Å². The quantitative estimate of drug-likeness (QED) is 0.476. The molecule has 144 valence electrons. The average Bonchev–Trinajstić information content (AvgIpc) is 3.15. The SMILES string of the molecule is CCc1cccc2c(C(=O)COC(=O)COc3cccc(C(C)=O)c3)c[nH]c12. The van der Waals surface area contributed by atoms with Crippen LogP contribution in [0.5, 0.6) is 5.75 Å². The Balaban J connectivity index is 1.57. The molecule has 6 nitrogen and oxygen atoms in total. The monoisotopic (exact) mass is 379 g/mol. The molecule has 3 rings (SSSR count). The number of hydrogen-bond donors (Lipinski definition) is 1. The molecule has 1 heterocycles. The van der Waals surface area contributed by atoms with Crippen molar-refractivity contribution < 1.29 is 23.9 Å². The zero-order valence-corrected chi connectivity index (χ0v) is 15.8. The van der Waals surface area contributed by atoms with Crippen LogP contribution in [0, 0.1) is 0 Å². The minimum atomic E-state index is -0.657. The van der Waals surface area contributed by atoms with Gasteiger partial charge < -0.3 is 14.5 Å². The van der Waals surface area contributed by atoms with Gasteiger partial charge in [0.2, 0.25) is 5.78 Å². The Morgan fingerprint density at radius 3 is 2.57 bits per heavy atom. The van der Waals surface area contributed by atoms with E-state index >= 15 is 0 Å². The van der Waals surface area contributed by atoms with E-state index in [1.165, 1.54) is 6.92 Å². The maximum Gasteiger partial charge on any atom is 0.344 e. The minimum Gasteiger partial charge on any atom is -0.482 e. The summed E-state index contributed by atoms with van der Waals surface area (Å²) in [5.74, 6) is -0.648. The molecule has 1 N–H and O–H groups in total. The van der Waals surface area contributed by atoms with Crippen LogP contribution >= 0.6 is 0 Å². The highest BCUT2D eigenvalue weighted by molar-refractivity contribution is 6.09. The molecule has 0 atom stereocenters. The van der Waals surface area contributed by atoms with Gasteiger partial charge in [0.25, 0.3) is 0 Å². The maximum atomic E-state index is 12.4. The number of ketones is 2. The van der Waals surface area contributed by atoms with Gasteiger partial charge in [0, 0.05) is 28.2 Å². The van der Waals surface area contributed by atoms with E-state index in [1.54, 1.807) is 30.5 Å². The summed E-state index contributed by atoms with van der Waals surface area (Å²) in [4.78, 5) is 38.8. The number of H-pyrrole nitrogens is 1. The van der Waals surface area contributed by atoms with E-state index in [-0.39, 0.29) is 24.8 Å². The molecule has 1 aromatic heterocycles. The third kappa shape index (κ3) is 4.28. The Bertz CT molecular complexity index is 1030. The number of carbonyl (C=O) groups excluding carboxylic acids is 3. The summed E-state index contributed by atoms with van der Waals surface area (Å²) in [7, 11) is 0. The first kappa shape index (κ1) is 19.4.